The number of carbonyl (C=O) groups is 1. The molecule has 0 aliphatic carbocycles. The van der Waals surface area contributed by atoms with Gasteiger partial charge < -0.3 is 15.0 Å². The normalized spacial score (nSPS) is 10.9. The van der Waals surface area contributed by atoms with Crippen molar-refractivity contribution in [1.29, 1.82) is 0 Å². The zero-order valence-electron chi connectivity index (χ0n) is 15.0. The molecule has 4 rings (SSSR count). The van der Waals surface area contributed by atoms with Crippen LogP contribution in [0.3, 0.4) is 0 Å². The van der Waals surface area contributed by atoms with Crippen LogP contribution < -0.4 is 10.9 Å². The highest BCUT2D eigenvalue weighted by atomic mass is 16.3. The molecule has 0 aliphatic heterocycles. The first-order valence-corrected chi connectivity index (χ1v) is 8.60. The van der Waals surface area contributed by atoms with Crippen molar-refractivity contribution in [3.05, 3.63) is 77.1 Å². The number of carbonyl (C=O) groups excluding carboxylic acids is 1. The number of benzene rings is 1. The molecule has 8 heteroatoms. The Morgan fingerprint density at radius 2 is 2.07 bits per heavy atom. The first kappa shape index (κ1) is 17.5. The number of aromatic nitrogens is 4. The van der Waals surface area contributed by atoms with Gasteiger partial charge in [-0.25, -0.2) is 9.97 Å². The second kappa shape index (κ2) is 6.99. The molecule has 0 saturated heterocycles. The molecule has 0 radical (unpaired) electrons. The van der Waals surface area contributed by atoms with Gasteiger partial charge in [-0.05, 0) is 31.2 Å². The summed E-state index contributed by atoms with van der Waals surface area (Å²) in [6, 6.07) is 11.6. The van der Waals surface area contributed by atoms with E-state index in [9.17, 15) is 14.7 Å². The number of hydrogen-bond acceptors (Lipinski definition) is 5. The van der Waals surface area contributed by atoms with Crippen molar-refractivity contribution < 1.29 is 9.90 Å². The molecule has 2 N–H and O–H groups in total. The molecular weight excluding hydrogens is 358 g/mol. The lowest BCUT2D eigenvalue weighted by molar-refractivity contribution is -0.116. The average Bonchev–Trinajstić information content (AvgIpc) is 3.09. The lowest BCUT2D eigenvalue weighted by Gasteiger charge is -2.11. The van der Waals surface area contributed by atoms with Crippen LogP contribution in [0.4, 0.5) is 5.69 Å². The Morgan fingerprint density at radius 3 is 2.86 bits per heavy atom. The smallest absolute Gasteiger partial charge is 0.254 e. The fourth-order valence-corrected chi connectivity index (χ4v) is 2.98. The molecular formula is C20H17N5O3. The van der Waals surface area contributed by atoms with Crippen LogP contribution in [0.15, 0.2) is 65.8 Å². The number of aryl methyl sites for hydroxylation is 1. The summed E-state index contributed by atoms with van der Waals surface area (Å²) in [5, 5.41) is 12.2. The minimum Gasteiger partial charge on any atom is -0.508 e. The van der Waals surface area contributed by atoms with Gasteiger partial charge in [0.05, 0.1) is 5.69 Å². The standard InChI is InChI=1S/C20H17N5O3/c1-13-8-16(26)10-19(28)25(13)12-18(27)22-15-5-2-4-14(9-15)17-11-24-7-3-6-21-20(24)23-17/h2-11,26H,12H2,1H3,(H,22,27). The van der Waals surface area contributed by atoms with Crippen LogP contribution in [0.1, 0.15) is 5.69 Å². The van der Waals surface area contributed by atoms with E-state index in [0.717, 1.165) is 17.3 Å². The van der Waals surface area contributed by atoms with Crippen molar-refractivity contribution in [2.45, 2.75) is 13.5 Å². The van der Waals surface area contributed by atoms with Crippen LogP contribution in [0.2, 0.25) is 0 Å². The van der Waals surface area contributed by atoms with Gasteiger partial charge >= 0.3 is 0 Å². The van der Waals surface area contributed by atoms with Gasteiger partial charge in [0.2, 0.25) is 11.7 Å². The lowest BCUT2D eigenvalue weighted by atomic mass is 10.1. The third-order valence-corrected chi connectivity index (χ3v) is 4.30. The zero-order valence-corrected chi connectivity index (χ0v) is 15.0. The number of anilines is 1. The lowest BCUT2D eigenvalue weighted by Crippen LogP contribution is -2.28. The van der Waals surface area contributed by atoms with Crippen LogP contribution in [0.25, 0.3) is 17.0 Å². The highest BCUT2D eigenvalue weighted by molar-refractivity contribution is 5.91. The van der Waals surface area contributed by atoms with Crippen molar-refractivity contribution in [3.8, 4) is 17.0 Å². The summed E-state index contributed by atoms with van der Waals surface area (Å²) in [6.45, 7) is 1.51. The highest BCUT2D eigenvalue weighted by Gasteiger charge is 2.10. The molecule has 0 unspecified atom stereocenters. The molecule has 0 atom stereocenters. The molecule has 1 amide bonds. The molecule has 3 heterocycles. The van der Waals surface area contributed by atoms with E-state index < -0.39 is 5.56 Å². The number of nitrogens with zero attached hydrogens (tertiary/aromatic N) is 4. The predicted molar refractivity (Wildman–Crippen MR) is 104 cm³/mol. The molecule has 0 fully saturated rings. The third kappa shape index (κ3) is 3.48. The predicted octanol–water partition coefficient (Wildman–Crippen LogP) is 2.21. The topological polar surface area (TPSA) is 102 Å². The SMILES string of the molecule is Cc1cc(O)cc(=O)n1CC(=O)Nc1cccc(-c2cn3cccnc3n2)c1. The first-order chi connectivity index (χ1) is 13.5. The first-order valence-electron chi connectivity index (χ1n) is 8.60. The molecule has 28 heavy (non-hydrogen) atoms. The maximum absolute atomic E-state index is 12.4. The highest BCUT2D eigenvalue weighted by Crippen LogP contribution is 2.22. The molecule has 4 aromatic rings. The number of imidazole rings is 1. The van der Waals surface area contributed by atoms with Crippen molar-refractivity contribution in [2.75, 3.05) is 5.32 Å². The van der Waals surface area contributed by atoms with E-state index in [1.54, 1.807) is 19.2 Å². The maximum atomic E-state index is 12.4. The molecule has 0 spiro atoms. The molecule has 8 nitrogen and oxygen atoms in total. The van der Waals surface area contributed by atoms with Gasteiger partial charge in [0.1, 0.15) is 12.3 Å². The monoisotopic (exact) mass is 375 g/mol. The van der Waals surface area contributed by atoms with Crippen LogP contribution in [-0.2, 0) is 11.3 Å². The van der Waals surface area contributed by atoms with E-state index in [2.05, 4.69) is 15.3 Å². The quantitative estimate of drug-likeness (QED) is 0.569. The summed E-state index contributed by atoms with van der Waals surface area (Å²) >= 11 is 0. The number of amides is 1. The number of fused-ring (bicyclic) bond motifs is 1. The van der Waals surface area contributed by atoms with Crippen LogP contribution in [0.5, 0.6) is 5.75 Å². The number of nitrogens with one attached hydrogen (secondary N) is 1. The van der Waals surface area contributed by atoms with Gasteiger partial charge in [0, 0.05) is 41.6 Å². The molecule has 0 aliphatic rings. The Morgan fingerprint density at radius 1 is 1.21 bits per heavy atom. The Kier molecular flexibility index (Phi) is 4.36. The fraction of sp³-hybridized carbons (Fsp3) is 0.100. The van der Waals surface area contributed by atoms with E-state index in [-0.39, 0.29) is 18.2 Å². The molecule has 0 saturated carbocycles. The van der Waals surface area contributed by atoms with E-state index in [1.165, 1.54) is 10.6 Å². The number of hydrogen-bond donors (Lipinski definition) is 2. The van der Waals surface area contributed by atoms with Crippen molar-refractivity contribution >= 4 is 17.4 Å². The van der Waals surface area contributed by atoms with Crippen molar-refractivity contribution in [1.82, 2.24) is 18.9 Å². The van der Waals surface area contributed by atoms with Crippen molar-refractivity contribution in [3.63, 3.8) is 0 Å². The van der Waals surface area contributed by atoms with Gasteiger partial charge in [0.15, 0.2) is 0 Å². The summed E-state index contributed by atoms with van der Waals surface area (Å²) in [5.41, 5.74) is 2.24. The van der Waals surface area contributed by atoms with E-state index >= 15 is 0 Å². The van der Waals surface area contributed by atoms with E-state index in [4.69, 9.17) is 0 Å². The van der Waals surface area contributed by atoms with Crippen LogP contribution >= 0.6 is 0 Å². The third-order valence-electron chi connectivity index (χ3n) is 4.30. The average molecular weight is 375 g/mol. The molecule has 3 aromatic heterocycles. The number of aromatic hydroxyl groups is 1. The molecule has 0 bridgehead atoms. The summed E-state index contributed by atoms with van der Waals surface area (Å²) in [6.07, 6.45) is 5.40. The summed E-state index contributed by atoms with van der Waals surface area (Å²) in [7, 11) is 0. The van der Waals surface area contributed by atoms with E-state index in [0.29, 0.717) is 17.2 Å². The Labute approximate surface area is 159 Å². The minimum absolute atomic E-state index is 0.117. The Bertz CT molecular complexity index is 1210. The van der Waals surface area contributed by atoms with Crippen molar-refractivity contribution in [2.24, 2.45) is 0 Å². The largest absolute Gasteiger partial charge is 0.508 e. The minimum atomic E-state index is -0.432. The van der Waals surface area contributed by atoms with Gasteiger partial charge in [-0.1, -0.05) is 12.1 Å². The van der Waals surface area contributed by atoms with Gasteiger partial charge in [-0.15, -0.1) is 0 Å². The second-order valence-corrected chi connectivity index (χ2v) is 6.36. The summed E-state index contributed by atoms with van der Waals surface area (Å²) in [5.74, 6) is 0.132. The van der Waals surface area contributed by atoms with E-state index in [1.807, 2.05) is 41.1 Å². The summed E-state index contributed by atoms with van der Waals surface area (Å²) in [4.78, 5) is 33.0. The van der Waals surface area contributed by atoms with Gasteiger partial charge in [0.25, 0.3) is 5.56 Å². The Balaban J connectivity index is 1.55. The number of rotatable bonds is 4. The van der Waals surface area contributed by atoms with Crippen LogP contribution in [-0.4, -0.2) is 29.9 Å². The van der Waals surface area contributed by atoms with Crippen LogP contribution in [0, 0.1) is 6.92 Å². The second-order valence-electron chi connectivity index (χ2n) is 6.36. The van der Waals surface area contributed by atoms with Gasteiger partial charge in [-0.3, -0.25) is 14.0 Å². The fourth-order valence-electron chi connectivity index (χ4n) is 2.98. The maximum Gasteiger partial charge on any atom is 0.254 e. The summed E-state index contributed by atoms with van der Waals surface area (Å²) < 4.78 is 3.12. The van der Waals surface area contributed by atoms with Gasteiger partial charge in [-0.2, -0.15) is 0 Å². The molecule has 1 aromatic carbocycles. The molecule has 140 valence electrons. The number of pyridine rings is 1. The zero-order chi connectivity index (χ0) is 19.7. The Hall–Kier alpha value is -3.94.